The Bertz CT molecular complexity index is 374. The van der Waals surface area contributed by atoms with E-state index in [9.17, 15) is 4.79 Å². The molecular formula is C12H21N3OS. The molecule has 0 atom stereocenters. The van der Waals surface area contributed by atoms with Gasteiger partial charge in [-0.1, -0.05) is 20.8 Å². The third-order valence-electron chi connectivity index (χ3n) is 2.38. The Morgan fingerprint density at radius 3 is 2.71 bits per heavy atom. The normalized spacial score (nSPS) is 10.9. The van der Waals surface area contributed by atoms with Crippen LogP contribution in [0.2, 0.25) is 0 Å². The van der Waals surface area contributed by atoms with E-state index in [1.807, 2.05) is 6.92 Å². The highest BCUT2D eigenvalue weighted by molar-refractivity contribution is 7.15. The predicted molar refractivity (Wildman–Crippen MR) is 72.6 cm³/mol. The van der Waals surface area contributed by atoms with Gasteiger partial charge in [0.1, 0.15) is 0 Å². The topological polar surface area (TPSA) is 54.0 Å². The van der Waals surface area contributed by atoms with Gasteiger partial charge >= 0.3 is 0 Å². The number of rotatable bonds is 6. The number of carbonyl (C=O) groups is 1. The molecule has 0 aliphatic heterocycles. The summed E-state index contributed by atoms with van der Waals surface area (Å²) in [5.74, 6) is 0.0227. The number of aromatic nitrogens is 1. The highest BCUT2D eigenvalue weighted by Crippen LogP contribution is 2.22. The van der Waals surface area contributed by atoms with Gasteiger partial charge in [-0.25, -0.2) is 4.98 Å². The summed E-state index contributed by atoms with van der Waals surface area (Å²) in [5, 5.41) is 6.77. The van der Waals surface area contributed by atoms with E-state index < -0.39 is 0 Å². The number of nitrogens with zero attached hydrogens (tertiary/aromatic N) is 1. The molecule has 0 saturated carbocycles. The molecule has 1 aromatic heterocycles. The molecule has 17 heavy (non-hydrogen) atoms. The SMILES string of the molecule is CCc1nc(NC(=O)CCNC(C)C)sc1C. The molecule has 0 aromatic carbocycles. The van der Waals surface area contributed by atoms with Crippen molar-refractivity contribution in [3.8, 4) is 0 Å². The third kappa shape index (κ3) is 4.83. The number of carbonyl (C=O) groups excluding carboxylic acids is 1. The lowest BCUT2D eigenvalue weighted by Gasteiger charge is -2.06. The minimum atomic E-state index is 0.0227. The molecule has 1 heterocycles. The van der Waals surface area contributed by atoms with Crippen molar-refractivity contribution in [1.82, 2.24) is 10.3 Å². The number of thiazole rings is 1. The Balaban J connectivity index is 2.39. The summed E-state index contributed by atoms with van der Waals surface area (Å²) < 4.78 is 0. The van der Waals surface area contributed by atoms with Crippen LogP contribution in [0.25, 0.3) is 0 Å². The average Bonchev–Trinajstić information content (AvgIpc) is 2.58. The summed E-state index contributed by atoms with van der Waals surface area (Å²) in [5.41, 5.74) is 1.07. The second-order valence-corrected chi connectivity index (χ2v) is 5.49. The van der Waals surface area contributed by atoms with Gasteiger partial charge in [-0.3, -0.25) is 4.79 Å². The molecule has 1 rings (SSSR count). The standard InChI is InChI=1S/C12H21N3OS/c1-5-10-9(4)17-12(14-10)15-11(16)6-7-13-8(2)3/h8,13H,5-7H2,1-4H3,(H,14,15,16). The fraction of sp³-hybridized carbons (Fsp3) is 0.667. The van der Waals surface area contributed by atoms with Crippen molar-refractivity contribution < 1.29 is 4.79 Å². The van der Waals surface area contributed by atoms with E-state index in [4.69, 9.17) is 0 Å². The summed E-state index contributed by atoms with van der Waals surface area (Å²) in [6.07, 6.45) is 1.39. The molecule has 0 spiro atoms. The molecular weight excluding hydrogens is 234 g/mol. The molecule has 0 bridgehead atoms. The maximum absolute atomic E-state index is 11.6. The van der Waals surface area contributed by atoms with E-state index in [1.54, 1.807) is 11.3 Å². The third-order valence-corrected chi connectivity index (χ3v) is 3.31. The van der Waals surface area contributed by atoms with Gasteiger partial charge in [0, 0.05) is 23.9 Å². The van der Waals surface area contributed by atoms with Crippen LogP contribution in [-0.2, 0) is 11.2 Å². The van der Waals surface area contributed by atoms with Crippen LogP contribution >= 0.6 is 11.3 Å². The molecule has 4 nitrogen and oxygen atoms in total. The van der Waals surface area contributed by atoms with Crippen molar-refractivity contribution in [3.63, 3.8) is 0 Å². The molecule has 0 fully saturated rings. The van der Waals surface area contributed by atoms with Crippen molar-refractivity contribution >= 4 is 22.4 Å². The Hall–Kier alpha value is -0.940. The molecule has 0 saturated heterocycles. The second-order valence-electron chi connectivity index (χ2n) is 4.28. The van der Waals surface area contributed by atoms with Crippen LogP contribution in [0, 0.1) is 6.92 Å². The Morgan fingerprint density at radius 1 is 1.47 bits per heavy atom. The summed E-state index contributed by atoms with van der Waals surface area (Å²) in [4.78, 5) is 17.2. The van der Waals surface area contributed by atoms with Crippen LogP contribution in [0.4, 0.5) is 5.13 Å². The van der Waals surface area contributed by atoms with Crippen molar-refractivity contribution in [3.05, 3.63) is 10.6 Å². The van der Waals surface area contributed by atoms with Gasteiger partial charge in [-0.05, 0) is 13.3 Å². The Morgan fingerprint density at radius 2 is 2.18 bits per heavy atom. The number of hydrogen-bond donors (Lipinski definition) is 2. The maximum Gasteiger partial charge on any atom is 0.227 e. The average molecular weight is 255 g/mol. The number of anilines is 1. The monoisotopic (exact) mass is 255 g/mol. The smallest absolute Gasteiger partial charge is 0.227 e. The highest BCUT2D eigenvalue weighted by atomic mass is 32.1. The zero-order valence-corrected chi connectivity index (χ0v) is 11.8. The molecule has 5 heteroatoms. The summed E-state index contributed by atoms with van der Waals surface area (Å²) >= 11 is 1.54. The van der Waals surface area contributed by atoms with E-state index in [-0.39, 0.29) is 5.91 Å². The van der Waals surface area contributed by atoms with Gasteiger partial charge in [0.15, 0.2) is 5.13 Å². The number of hydrogen-bond acceptors (Lipinski definition) is 4. The molecule has 1 amide bonds. The second kappa shape index (κ2) is 6.71. The first-order chi connectivity index (χ1) is 8.02. The first-order valence-electron chi connectivity index (χ1n) is 6.02. The minimum absolute atomic E-state index is 0.0227. The molecule has 0 aliphatic carbocycles. The lowest BCUT2D eigenvalue weighted by molar-refractivity contribution is -0.116. The van der Waals surface area contributed by atoms with Crippen LogP contribution in [0.3, 0.4) is 0 Å². The zero-order valence-electron chi connectivity index (χ0n) is 11.0. The van der Waals surface area contributed by atoms with Gasteiger partial charge < -0.3 is 10.6 Å². The zero-order chi connectivity index (χ0) is 12.8. The van der Waals surface area contributed by atoms with Crippen molar-refractivity contribution in [2.75, 3.05) is 11.9 Å². The number of amides is 1. The van der Waals surface area contributed by atoms with Crippen LogP contribution in [0.5, 0.6) is 0 Å². The quantitative estimate of drug-likeness (QED) is 0.820. The van der Waals surface area contributed by atoms with Gasteiger partial charge in [-0.2, -0.15) is 0 Å². The predicted octanol–water partition coefficient (Wildman–Crippen LogP) is 2.34. The number of nitrogens with one attached hydrogen (secondary N) is 2. The van der Waals surface area contributed by atoms with Crippen molar-refractivity contribution in [2.45, 2.75) is 46.6 Å². The summed E-state index contributed by atoms with van der Waals surface area (Å²) in [6.45, 7) is 8.94. The molecule has 2 N–H and O–H groups in total. The Kier molecular flexibility index (Phi) is 5.58. The first-order valence-corrected chi connectivity index (χ1v) is 6.84. The fourth-order valence-electron chi connectivity index (χ4n) is 1.47. The molecule has 0 unspecified atom stereocenters. The molecule has 96 valence electrons. The van der Waals surface area contributed by atoms with Crippen LogP contribution < -0.4 is 10.6 Å². The van der Waals surface area contributed by atoms with Crippen molar-refractivity contribution in [1.29, 1.82) is 0 Å². The van der Waals surface area contributed by atoms with E-state index >= 15 is 0 Å². The van der Waals surface area contributed by atoms with Crippen molar-refractivity contribution in [2.24, 2.45) is 0 Å². The van der Waals surface area contributed by atoms with E-state index in [0.717, 1.165) is 12.1 Å². The van der Waals surface area contributed by atoms with E-state index in [1.165, 1.54) is 4.88 Å². The lowest BCUT2D eigenvalue weighted by Crippen LogP contribution is -2.27. The maximum atomic E-state index is 11.6. The molecule has 0 aliphatic rings. The van der Waals surface area contributed by atoms with E-state index in [0.29, 0.717) is 24.1 Å². The van der Waals surface area contributed by atoms with Crippen LogP contribution in [-0.4, -0.2) is 23.5 Å². The number of aryl methyl sites for hydroxylation is 2. The van der Waals surface area contributed by atoms with Crippen LogP contribution in [0.1, 0.15) is 37.8 Å². The molecule has 1 aromatic rings. The van der Waals surface area contributed by atoms with Gasteiger partial charge in [0.25, 0.3) is 0 Å². The Labute approximate surface area is 107 Å². The fourth-order valence-corrected chi connectivity index (χ4v) is 2.38. The van der Waals surface area contributed by atoms with E-state index in [2.05, 4.69) is 36.4 Å². The van der Waals surface area contributed by atoms with Crippen LogP contribution in [0.15, 0.2) is 0 Å². The highest BCUT2D eigenvalue weighted by Gasteiger charge is 2.08. The van der Waals surface area contributed by atoms with Gasteiger partial charge in [0.05, 0.1) is 5.69 Å². The molecule has 0 radical (unpaired) electrons. The summed E-state index contributed by atoms with van der Waals surface area (Å²) in [7, 11) is 0. The van der Waals surface area contributed by atoms with Gasteiger partial charge in [0.2, 0.25) is 5.91 Å². The largest absolute Gasteiger partial charge is 0.314 e. The minimum Gasteiger partial charge on any atom is -0.314 e. The summed E-state index contributed by atoms with van der Waals surface area (Å²) in [6, 6.07) is 0.414. The van der Waals surface area contributed by atoms with Gasteiger partial charge in [-0.15, -0.1) is 11.3 Å². The first kappa shape index (κ1) is 14.1. The lowest BCUT2D eigenvalue weighted by atomic mass is 10.3.